The van der Waals surface area contributed by atoms with Crippen LogP contribution in [0.5, 0.6) is 0 Å². The second-order valence-electron chi connectivity index (χ2n) is 6.07. The molecule has 124 valence electrons. The Labute approximate surface area is 128 Å². The molecule has 0 radical (unpaired) electrons. The predicted octanol–water partition coefficient (Wildman–Crippen LogP) is 1.88. The molecule has 0 amide bonds. The van der Waals surface area contributed by atoms with Gasteiger partial charge in [0.05, 0.1) is 24.7 Å². The Morgan fingerprint density at radius 2 is 2.05 bits per heavy atom. The molecule has 5 nitrogen and oxygen atoms in total. The van der Waals surface area contributed by atoms with Gasteiger partial charge >= 0.3 is 5.97 Å². The topological polar surface area (TPSA) is 67.8 Å². The number of esters is 1. The second-order valence-corrected chi connectivity index (χ2v) is 6.07. The minimum absolute atomic E-state index is 0.0457. The molecule has 1 fully saturated rings. The SMILES string of the molecule is CCCC(COC)NCC1(O)CCC(C(=O)OCC)CC1. The van der Waals surface area contributed by atoms with Crippen molar-refractivity contribution in [2.45, 2.75) is 64.0 Å². The lowest BCUT2D eigenvalue weighted by Gasteiger charge is -2.36. The number of methoxy groups -OCH3 is 1. The van der Waals surface area contributed by atoms with Gasteiger partial charge in [-0.15, -0.1) is 0 Å². The monoisotopic (exact) mass is 301 g/mol. The van der Waals surface area contributed by atoms with Crippen LogP contribution in [0, 0.1) is 5.92 Å². The van der Waals surface area contributed by atoms with Crippen molar-refractivity contribution in [2.24, 2.45) is 5.92 Å². The first-order valence-corrected chi connectivity index (χ1v) is 8.16. The highest BCUT2D eigenvalue weighted by molar-refractivity contribution is 5.72. The van der Waals surface area contributed by atoms with E-state index in [0.29, 0.717) is 45.4 Å². The van der Waals surface area contributed by atoms with Crippen LogP contribution in [0.3, 0.4) is 0 Å². The Morgan fingerprint density at radius 1 is 1.38 bits per heavy atom. The van der Waals surface area contributed by atoms with Gasteiger partial charge in [-0.2, -0.15) is 0 Å². The van der Waals surface area contributed by atoms with Gasteiger partial charge in [-0.3, -0.25) is 4.79 Å². The van der Waals surface area contributed by atoms with Crippen molar-refractivity contribution in [1.29, 1.82) is 0 Å². The van der Waals surface area contributed by atoms with Crippen LogP contribution in [0.4, 0.5) is 0 Å². The lowest BCUT2D eigenvalue weighted by atomic mass is 9.78. The molecule has 1 atom stereocenters. The summed E-state index contributed by atoms with van der Waals surface area (Å²) in [4.78, 5) is 11.7. The van der Waals surface area contributed by atoms with Crippen LogP contribution in [0.15, 0.2) is 0 Å². The Balaban J connectivity index is 2.37. The predicted molar refractivity (Wildman–Crippen MR) is 82.1 cm³/mol. The summed E-state index contributed by atoms with van der Waals surface area (Å²) in [6, 6.07) is 0.284. The van der Waals surface area contributed by atoms with Crippen LogP contribution >= 0.6 is 0 Å². The van der Waals surface area contributed by atoms with Crippen molar-refractivity contribution >= 4 is 5.97 Å². The number of rotatable bonds is 9. The molecule has 0 aromatic carbocycles. The van der Waals surface area contributed by atoms with Gasteiger partial charge in [0.1, 0.15) is 0 Å². The summed E-state index contributed by atoms with van der Waals surface area (Å²) >= 11 is 0. The fourth-order valence-electron chi connectivity index (χ4n) is 2.96. The maximum atomic E-state index is 11.7. The van der Waals surface area contributed by atoms with Gasteiger partial charge in [-0.05, 0) is 39.0 Å². The fraction of sp³-hybridized carbons (Fsp3) is 0.938. The maximum absolute atomic E-state index is 11.7. The van der Waals surface area contributed by atoms with E-state index in [1.165, 1.54) is 0 Å². The first kappa shape index (κ1) is 18.4. The number of hydrogen-bond acceptors (Lipinski definition) is 5. The smallest absolute Gasteiger partial charge is 0.308 e. The second kappa shape index (κ2) is 9.38. The first-order valence-electron chi connectivity index (χ1n) is 8.16. The zero-order valence-corrected chi connectivity index (χ0v) is 13.7. The molecule has 5 heteroatoms. The summed E-state index contributed by atoms with van der Waals surface area (Å²) in [6.45, 7) is 5.62. The highest BCUT2D eigenvalue weighted by Crippen LogP contribution is 2.32. The zero-order chi connectivity index (χ0) is 15.7. The molecule has 0 saturated heterocycles. The third-order valence-corrected chi connectivity index (χ3v) is 4.26. The van der Waals surface area contributed by atoms with Gasteiger partial charge in [-0.25, -0.2) is 0 Å². The number of ether oxygens (including phenoxy) is 2. The molecule has 1 aliphatic rings. The van der Waals surface area contributed by atoms with Crippen LogP contribution < -0.4 is 5.32 Å². The van der Waals surface area contributed by atoms with Crippen molar-refractivity contribution < 1.29 is 19.4 Å². The van der Waals surface area contributed by atoms with Gasteiger partial charge < -0.3 is 19.9 Å². The third kappa shape index (κ3) is 6.32. The van der Waals surface area contributed by atoms with E-state index in [0.717, 1.165) is 12.8 Å². The molecule has 1 aliphatic carbocycles. The van der Waals surface area contributed by atoms with Gasteiger partial charge in [0.25, 0.3) is 0 Å². The largest absolute Gasteiger partial charge is 0.466 e. The lowest BCUT2D eigenvalue weighted by Crippen LogP contribution is -2.48. The van der Waals surface area contributed by atoms with Gasteiger partial charge in [0.2, 0.25) is 0 Å². The molecule has 21 heavy (non-hydrogen) atoms. The van der Waals surface area contributed by atoms with E-state index in [4.69, 9.17) is 9.47 Å². The van der Waals surface area contributed by atoms with E-state index in [9.17, 15) is 9.90 Å². The highest BCUT2D eigenvalue weighted by atomic mass is 16.5. The van der Waals surface area contributed by atoms with Crippen LogP contribution in [-0.4, -0.2) is 49.6 Å². The van der Waals surface area contributed by atoms with Crippen LogP contribution in [-0.2, 0) is 14.3 Å². The minimum atomic E-state index is -0.706. The molecule has 0 spiro atoms. The first-order chi connectivity index (χ1) is 10.0. The number of nitrogens with one attached hydrogen (secondary N) is 1. The van der Waals surface area contributed by atoms with E-state index in [1.54, 1.807) is 7.11 Å². The Bertz CT molecular complexity index is 295. The summed E-state index contributed by atoms with van der Waals surface area (Å²) in [5.41, 5.74) is -0.706. The summed E-state index contributed by atoms with van der Waals surface area (Å²) < 4.78 is 10.3. The number of carbonyl (C=O) groups excluding carboxylic acids is 1. The number of aliphatic hydroxyl groups is 1. The fourth-order valence-corrected chi connectivity index (χ4v) is 2.96. The van der Waals surface area contributed by atoms with Gasteiger partial charge in [-0.1, -0.05) is 13.3 Å². The molecule has 1 unspecified atom stereocenters. The normalized spacial score (nSPS) is 27.3. The quantitative estimate of drug-likeness (QED) is 0.636. The van der Waals surface area contributed by atoms with Crippen molar-refractivity contribution in [2.75, 3.05) is 26.9 Å². The molecular formula is C16H31NO4. The van der Waals surface area contributed by atoms with E-state index in [1.807, 2.05) is 6.92 Å². The van der Waals surface area contributed by atoms with Crippen molar-refractivity contribution in [3.05, 3.63) is 0 Å². The molecule has 1 rings (SSSR count). The van der Waals surface area contributed by atoms with E-state index in [2.05, 4.69) is 12.2 Å². The lowest BCUT2D eigenvalue weighted by molar-refractivity contribution is -0.151. The van der Waals surface area contributed by atoms with Crippen LogP contribution in [0.2, 0.25) is 0 Å². The highest BCUT2D eigenvalue weighted by Gasteiger charge is 2.36. The molecule has 0 bridgehead atoms. The number of carbonyl (C=O) groups is 1. The van der Waals surface area contributed by atoms with Crippen molar-refractivity contribution in [3.8, 4) is 0 Å². The van der Waals surface area contributed by atoms with Crippen molar-refractivity contribution in [3.63, 3.8) is 0 Å². The Hall–Kier alpha value is -0.650. The summed E-state index contributed by atoms with van der Waals surface area (Å²) in [5.74, 6) is -0.161. The minimum Gasteiger partial charge on any atom is -0.466 e. The third-order valence-electron chi connectivity index (χ3n) is 4.26. The van der Waals surface area contributed by atoms with Crippen molar-refractivity contribution in [1.82, 2.24) is 5.32 Å². The molecule has 0 aliphatic heterocycles. The Morgan fingerprint density at radius 3 is 2.57 bits per heavy atom. The van der Waals surface area contributed by atoms with Gasteiger partial charge in [0.15, 0.2) is 0 Å². The summed E-state index contributed by atoms with van der Waals surface area (Å²) in [7, 11) is 1.70. The molecule has 0 heterocycles. The standard InChI is InChI=1S/C16H31NO4/c1-4-6-14(11-20-3)17-12-16(19)9-7-13(8-10-16)15(18)21-5-2/h13-14,17,19H,4-12H2,1-3H3. The number of hydrogen-bond donors (Lipinski definition) is 2. The van der Waals surface area contributed by atoms with E-state index >= 15 is 0 Å². The molecule has 1 saturated carbocycles. The average Bonchev–Trinajstić information content (AvgIpc) is 2.46. The molecule has 0 aromatic heterocycles. The Kier molecular flexibility index (Phi) is 8.22. The molecule has 2 N–H and O–H groups in total. The van der Waals surface area contributed by atoms with Gasteiger partial charge in [0, 0.05) is 19.7 Å². The van der Waals surface area contributed by atoms with E-state index in [-0.39, 0.29) is 17.9 Å². The summed E-state index contributed by atoms with van der Waals surface area (Å²) in [5, 5.41) is 14.0. The zero-order valence-electron chi connectivity index (χ0n) is 13.7. The average molecular weight is 301 g/mol. The molecular weight excluding hydrogens is 270 g/mol. The summed E-state index contributed by atoms with van der Waals surface area (Å²) in [6.07, 6.45) is 4.84. The molecule has 0 aromatic rings. The van der Waals surface area contributed by atoms with E-state index < -0.39 is 5.60 Å². The maximum Gasteiger partial charge on any atom is 0.308 e. The van der Waals surface area contributed by atoms with Crippen LogP contribution in [0.25, 0.3) is 0 Å². The van der Waals surface area contributed by atoms with Crippen LogP contribution in [0.1, 0.15) is 52.4 Å².